The van der Waals surface area contributed by atoms with Gasteiger partial charge in [-0.05, 0) is 32.8 Å². The predicted octanol–water partition coefficient (Wildman–Crippen LogP) is 2.91. The number of aromatic amines is 1. The minimum absolute atomic E-state index is 0.165. The van der Waals surface area contributed by atoms with Gasteiger partial charge in [0.25, 0.3) is 0 Å². The second-order valence-corrected chi connectivity index (χ2v) is 6.88. The van der Waals surface area contributed by atoms with Gasteiger partial charge in [0.1, 0.15) is 28.7 Å². The van der Waals surface area contributed by atoms with Gasteiger partial charge in [0.15, 0.2) is 0 Å². The maximum absolute atomic E-state index is 6.20. The summed E-state index contributed by atoms with van der Waals surface area (Å²) in [5, 5.41) is 20.7. The third-order valence-electron chi connectivity index (χ3n) is 4.70. The van der Waals surface area contributed by atoms with E-state index in [1.54, 1.807) is 12.4 Å². The zero-order valence-electron chi connectivity index (χ0n) is 14.5. The summed E-state index contributed by atoms with van der Waals surface area (Å²) >= 11 is 0. The average Bonchev–Trinajstić information content (AvgIpc) is 3.04. The summed E-state index contributed by atoms with van der Waals surface area (Å²) in [4.78, 5) is 4.24. The van der Waals surface area contributed by atoms with Gasteiger partial charge in [0, 0.05) is 18.2 Å². The number of H-pyrrole nitrogens is 1. The minimum atomic E-state index is 0.165. The van der Waals surface area contributed by atoms with Crippen LogP contribution in [0.4, 0.5) is 5.82 Å². The van der Waals surface area contributed by atoms with Crippen LogP contribution >= 0.6 is 0 Å². The van der Waals surface area contributed by atoms with Crippen LogP contribution in [0.1, 0.15) is 44.4 Å². The van der Waals surface area contributed by atoms with E-state index in [1.165, 1.54) is 0 Å². The SMILES string of the molecule is CC(C)n1nc(-c2noc(C3CC3)c2-c2c[nH]nn2)c2c(N)nccc21. The van der Waals surface area contributed by atoms with E-state index >= 15 is 0 Å². The van der Waals surface area contributed by atoms with Gasteiger partial charge in [0.2, 0.25) is 0 Å². The Balaban J connectivity index is 1.82. The van der Waals surface area contributed by atoms with Crippen LogP contribution in [0.15, 0.2) is 23.0 Å². The van der Waals surface area contributed by atoms with Crippen molar-refractivity contribution in [3.63, 3.8) is 0 Å². The normalized spacial score (nSPS) is 14.6. The highest BCUT2D eigenvalue weighted by Gasteiger charge is 2.35. The second-order valence-electron chi connectivity index (χ2n) is 6.88. The molecule has 0 aliphatic heterocycles. The molecule has 132 valence electrons. The first-order valence-corrected chi connectivity index (χ1v) is 8.64. The van der Waals surface area contributed by atoms with E-state index in [9.17, 15) is 0 Å². The van der Waals surface area contributed by atoms with Gasteiger partial charge in [0.05, 0.1) is 22.7 Å². The number of anilines is 1. The summed E-state index contributed by atoms with van der Waals surface area (Å²) in [5.41, 5.74) is 9.93. The molecule has 26 heavy (non-hydrogen) atoms. The zero-order chi connectivity index (χ0) is 17.8. The molecule has 4 aromatic heterocycles. The largest absolute Gasteiger partial charge is 0.383 e. The first-order valence-electron chi connectivity index (χ1n) is 8.64. The summed E-state index contributed by atoms with van der Waals surface area (Å²) in [6, 6.07) is 2.08. The zero-order valence-corrected chi connectivity index (χ0v) is 14.5. The molecule has 3 N–H and O–H groups in total. The van der Waals surface area contributed by atoms with E-state index in [2.05, 4.69) is 39.4 Å². The molecule has 1 fully saturated rings. The lowest BCUT2D eigenvalue weighted by molar-refractivity contribution is 0.386. The monoisotopic (exact) mass is 350 g/mol. The number of hydrogen-bond donors (Lipinski definition) is 2. The van der Waals surface area contributed by atoms with Crippen molar-refractivity contribution in [3.8, 4) is 22.6 Å². The van der Waals surface area contributed by atoms with Crippen LogP contribution < -0.4 is 5.73 Å². The summed E-state index contributed by atoms with van der Waals surface area (Å²) in [6.07, 6.45) is 5.61. The van der Waals surface area contributed by atoms with Crippen molar-refractivity contribution < 1.29 is 4.52 Å². The van der Waals surface area contributed by atoms with E-state index in [0.717, 1.165) is 35.1 Å². The van der Waals surface area contributed by atoms with E-state index in [1.807, 2.05) is 10.7 Å². The highest BCUT2D eigenvalue weighted by molar-refractivity contribution is 6.02. The molecule has 4 aromatic rings. The molecule has 0 atom stereocenters. The number of nitrogen functional groups attached to an aromatic ring is 1. The number of pyridine rings is 1. The second kappa shape index (κ2) is 5.38. The summed E-state index contributed by atoms with van der Waals surface area (Å²) in [7, 11) is 0. The van der Waals surface area contributed by atoms with Crippen molar-refractivity contribution in [2.45, 2.75) is 38.6 Å². The molecule has 4 heterocycles. The van der Waals surface area contributed by atoms with E-state index in [0.29, 0.717) is 28.8 Å². The Morgan fingerprint density at radius 3 is 2.85 bits per heavy atom. The molecule has 9 heteroatoms. The van der Waals surface area contributed by atoms with Gasteiger partial charge in [-0.3, -0.25) is 9.78 Å². The average molecular weight is 350 g/mol. The van der Waals surface area contributed by atoms with Gasteiger partial charge in [-0.2, -0.15) is 5.10 Å². The topological polar surface area (TPSA) is 124 Å². The number of aromatic nitrogens is 7. The van der Waals surface area contributed by atoms with Crippen LogP contribution in [0.3, 0.4) is 0 Å². The van der Waals surface area contributed by atoms with Crippen molar-refractivity contribution in [1.29, 1.82) is 0 Å². The fourth-order valence-electron chi connectivity index (χ4n) is 3.33. The summed E-state index contributed by atoms with van der Waals surface area (Å²) < 4.78 is 7.65. The van der Waals surface area contributed by atoms with Crippen molar-refractivity contribution in [2.24, 2.45) is 0 Å². The number of hydrogen-bond acceptors (Lipinski definition) is 7. The van der Waals surface area contributed by atoms with Crippen molar-refractivity contribution in [2.75, 3.05) is 5.73 Å². The highest BCUT2D eigenvalue weighted by atomic mass is 16.5. The smallest absolute Gasteiger partial charge is 0.150 e. The molecule has 0 saturated heterocycles. The first-order chi connectivity index (χ1) is 12.6. The van der Waals surface area contributed by atoms with Gasteiger partial charge >= 0.3 is 0 Å². The van der Waals surface area contributed by atoms with Crippen molar-refractivity contribution in [3.05, 3.63) is 24.2 Å². The Labute approximate surface area is 148 Å². The molecule has 0 radical (unpaired) electrons. The Morgan fingerprint density at radius 1 is 1.31 bits per heavy atom. The number of nitrogens with two attached hydrogens (primary N) is 1. The lowest BCUT2D eigenvalue weighted by Crippen LogP contribution is -2.02. The van der Waals surface area contributed by atoms with E-state index < -0.39 is 0 Å². The molecule has 0 aromatic carbocycles. The van der Waals surface area contributed by atoms with Crippen LogP contribution in [0, 0.1) is 0 Å². The minimum Gasteiger partial charge on any atom is -0.383 e. The maximum Gasteiger partial charge on any atom is 0.150 e. The van der Waals surface area contributed by atoms with Gasteiger partial charge < -0.3 is 10.3 Å². The fourth-order valence-corrected chi connectivity index (χ4v) is 3.33. The predicted molar refractivity (Wildman–Crippen MR) is 95.2 cm³/mol. The fraction of sp³-hybridized carbons (Fsp3) is 0.353. The van der Waals surface area contributed by atoms with Crippen molar-refractivity contribution in [1.82, 2.24) is 35.3 Å². The molecule has 1 saturated carbocycles. The van der Waals surface area contributed by atoms with E-state index in [-0.39, 0.29) is 6.04 Å². The molecule has 9 nitrogen and oxygen atoms in total. The van der Waals surface area contributed by atoms with Crippen LogP contribution in [0.2, 0.25) is 0 Å². The Hall–Kier alpha value is -3.23. The molecule has 0 bridgehead atoms. The van der Waals surface area contributed by atoms with Gasteiger partial charge in [-0.15, -0.1) is 5.10 Å². The molecule has 1 aliphatic carbocycles. The number of rotatable bonds is 4. The number of fused-ring (bicyclic) bond motifs is 1. The third kappa shape index (κ3) is 2.13. The van der Waals surface area contributed by atoms with Gasteiger partial charge in [-0.25, -0.2) is 4.98 Å². The van der Waals surface area contributed by atoms with E-state index in [4.69, 9.17) is 15.4 Å². The number of nitrogens with one attached hydrogen (secondary N) is 1. The van der Waals surface area contributed by atoms with Crippen LogP contribution in [0.25, 0.3) is 33.5 Å². The van der Waals surface area contributed by atoms with Gasteiger partial charge in [-0.1, -0.05) is 10.4 Å². The highest BCUT2D eigenvalue weighted by Crippen LogP contribution is 2.48. The Morgan fingerprint density at radius 2 is 2.15 bits per heavy atom. The number of nitrogens with zero attached hydrogens (tertiary/aromatic N) is 6. The summed E-state index contributed by atoms with van der Waals surface area (Å²) in [6.45, 7) is 4.15. The lowest BCUT2D eigenvalue weighted by Gasteiger charge is -2.06. The van der Waals surface area contributed by atoms with Crippen molar-refractivity contribution >= 4 is 16.7 Å². The molecule has 1 aliphatic rings. The molecule has 0 spiro atoms. The molecule has 0 amide bonds. The van der Waals surface area contributed by atoms with Crippen LogP contribution in [-0.4, -0.2) is 35.3 Å². The Bertz CT molecular complexity index is 1090. The lowest BCUT2D eigenvalue weighted by atomic mass is 10.0. The van der Waals surface area contributed by atoms with Crippen LogP contribution in [0.5, 0.6) is 0 Å². The standard InChI is InChI=1S/C17H18N8O/c1-8(2)25-11-5-6-19-17(18)13(11)14(22-25)15-12(10-7-20-24-21-10)16(26-23-15)9-3-4-9/h5-9H,3-4H2,1-2H3,(H2,18,19)(H,20,21,24). The summed E-state index contributed by atoms with van der Waals surface area (Å²) in [5.74, 6) is 1.63. The quantitative estimate of drug-likeness (QED) is 0.579. The Kier molecular flexibility index (Phi) is 3.12. The molecular formula is C17H18N8O. The molecule has 5 rings (SSSR count). The van der Waals surface area contributed by atoms with Crippen LogP contribution in [-0.2, 0) is 0 Å². The molecular weight excluding hydrogens is 332 g/mol. The molecule has 0 unspecified atom stereocenters. The third-order valence-corrected chi connectivity index (χ3v) is 4.70. The maximum atomic E-state index is 6.20. The first kappa shape index (κ1) is 15.1.